The molecule has 0 atom stereocenters. The Kier molecular flexibility index (Phi) is 7.33. The molecule has 4 heterocycles. The Morgan fingerprint density at radius 3 is 2.60 bits per heavy atom. The molecule has 2 aliphatic heterocycles. The average Bonchev–Trinajstić information content (AvgIpc) is 2.98. The molecule has 0 saturated carbocycles. The zero-order valence-electron chi connectivity index (χ0n) is 21.6. The van der Waals surface area contributed by atoms with E-state index >= 15 is 0 Å². The van der Waals surface area contributed by atoms with E-state index in [2.05, 4.69) is 30.5 Å². The van der Waals surface area contributed by atoms with E-state index in [4.69, 9.17) is 16.3 Å². The Labute approximate surface area is 236 Å². The summed E-state index contributed by atoms with van der Waals surface area (Å²) in [6.45, 7) is 2.46. The summed E-state index contributed by atoms with van der Waals surface area (Å²) in [6, 6.07) is 14.2. The van der Waals surface area contributed by atoms with Crippen LogP contribution in [0.15, 0.2) is 67.1 Å². The molecule has 2 aliphatic rings. The number of benzene rings is 2. The third-order valence-electron chi connectivity index (χ3n) is 6.98. The molecule has 1 fully saturated rings. The fraction of sp³-hybridized carbons (Fsp3) is 0.241. The lowest BCUT2D eigenvalue weighted by atomic mass is 10.0. The number of carbonyl (C=O) groups excluding carboxylic acids is 1. The zero-order valence-corrected chi connectivity index (χ0v) is 22.4. The smallest absolute Gasteiger partial charge is 0.260 e. The number of pyridine rings is 1. The molecule has 2 aromatic carbocycles. The van der Waals surface area contributed by atoms with Gasteiger partial charge < -0.3 is 25.2 Å². The van der Waals surface area contributed by atoms with Gasteiger partial charge in [-0.1, -0.05) is 11.6 Å². The number of ether oxygens (including phenoxy) is 1. The number of hydrogen-bond acceptors (Lipinski definition) is 8. The fourth-order valence-electron chi connectivity index (χ4n) is 4.84. The molecule has 4 aromatic rings. The van der Waals surface area contributed by atoms with Crippen molar-refractivity contribution in [2.45, 2.75) is 12.8 Å². The highest BCUT2D eigenvalue weighted by molar-refractivity contribution is 6.32. The first kappa shape index (κ1) is 25.8. The summed E-state index contributed by atoms with van der Waals surface area (Å²) in [5.41, 5.74) is 4.51. The maximum absolute atomic E-state index is 13.3. The summed E-state index contributed by atoms with van der Waals surface area (Å²) in [6.07, 6.45) is 6.49. The summed E-state index contributed by atoms with van der Waals surface area (Å²) >= 11 is 6.36. The third kappa shape index (κ3) is 5.91. The van der Waals surface area contributed by atoms with Gasteiger partial charge in [-0.25, -0.2) is 9.37 Å². The second-order valence-corrected chi connectivity index (χ2v) is 10.1. The number of fused-ring (bicyclic) bond motifs is 6. The van der Waals surface area contributed by atoms with Crippen LogP contribution in [0.2, 0.25) is 5.02 Å². The van der Waals surface area contributed by atoms with E-state index in [0.29, 0.717) is 55.1 Å². The van der Waals surface area contributed by atoms with Gasteiger partial charge in [0.25, 0.3) is 5.91 Å². The van der Waals surface area contributed by atoms with E-state index in [9.17, 15) is 9.18 Å². The van der Waals surface area contributed by atoms with Crippen LogP contribution in [0.5, 0.6) is 5.75 Å². The van der Waals surface area contributed by atoms with Crippen molar-refractivity contribution < 1.29 is 13.9 Å². The van der Waals surface area contributed by atoms with Gasteiger partial charge in [0.15, 0.2) is 12.4 Å². The molecule has 6 bridgehead atoms. The van der Waals surface area contributed by atoms with Gasteiger partial charge in [-0.2, -0.15) is 4.98 Å². The molecule has 2 aromatic heterocycles. The highest BCUT2D eigenvalue weighted by Gasteiger charge is 2.22. The van der Waals surface area contributed by atoms with Crippen LogP contribution in [0.25, 0.3) is 0 Å². The van der Waals surface area contributed by atoms with Crippen LogP contribution in [-0.4, -0.2) is 58.5 Å². The average molecular weight is 560 g/mol. The number of halogens is 2. The van der Waals surface area contributed by atoms with Crippen LogP contribution in [0.3, 0.4) is 0 Å². The predicted molar refractivity (Wildman–Crippen MR) is 152 cm³/mol. The number of hydrogen-bond donors (Lipinski definition) is 2. The fourth-order valence-corrected chi connectivity index (χ4v) is 4.98. The normalized spacial score (nSPS) is 14.7. The highest BCUT2D eigenvalue weighted by atomic mass is 35.5. The van der Waals surface area contributed by atoms with Crippen molar-refractivity contribution in [2.24, 2.45) is 0 Å². The minimum atomic E-state index is -0.259. The summed E-state index contributed by atoms with van der Waals surface area (Å²) in [5, 5.41) is 6.83. The summed E-state index contributed by atoms with van der Waals surface area (Å²) < 4.78 is 19.3. The van der Waals surface area contributed by atoms with Crippen molar-refractivity contribution in [3.05, 3.63) is 89.1 Å². The van der Waals surface area contributed by atoms with E-state index in [-0.39, 0.29) is 18.3 Å². The van der Waals surface area contributed by atoms with Crippen LogP contribution in [0.1, 0.15) is 11.1 Å². The minimum absolute atomic E-state index is 0.0572. The molecule has 6 rings (SSSR count). The molecule has 1 saturated heterocycles. The van der Waals surface area contributed by atoms with Crippen LogP contribution >= 0.6 is 11.6 Å². The minimum Gasteiger partial charge on any atom is -0.483 e. The van der Waals surface area contributed by atoms with Gasteiger partial charge in [-0.3, -0.25) is 9.78 Å². The number of carbonyl (C=O) groups is 1. The number of amides is 1. The standard InChI is InChI=1S/C29H27ClFN7O2/c30-25-17-33-29-35-23-13-19(15-32-16-23)1-2-20-14-22(34-28(25)36-29)5-8-26(20)40-18-27(39)38-11-9-37(10-12-38)24-6-3-21(31)4-7-24/h3-8,13-17H,1-2,9-12,18H2,(H2,33,34,35,36). The van der Waals surface area contributed by atoms with Gasteiger partial charge in [0.05, 0.1) is 18.1 Å². The molecule has 11 heteroatoms. The van der Waals surface area contributed by atoms with Crippen molar-refractivity contribution in [3.63, 3.8) is 0 Å². The lowest BCUT2D eigenvalue weighted by Crippen LogP contribution is -2.50. The molecule has 0 aliphatic carbocycles. The van der Waals surface area contributed by atoms with Crippen molar-refractivity contribution in [3.8, 4) is 5.75 Å². The van der Waals surface area contributed by atoms with Crippen LogP contribution < -0.4 is 20.3 Å². The quantitative estimate of drug-likeness (QED) is 0.362. The second kappa shape index (κ2) is 11.4. The van der Waals surface area contributed by atoms with Crippen molar-refractivity contribution >= 4 is 46.3 Å². The van der Waals surface area contributed by atoms with E-state index in [1.54, 1.807) is 24.5 Å². The largest absolute Gasteiger partial charge is 0.483 e. The van der Waals surface area contributed by atoms with Gasteiger partial charge in [0.1, 0.15) is 16.6 Å². The van der Waals surface area contributed by atoms with Crippen LogP contribution in [-0.2, 0) is 17.6 Å². The van der Waals surface area contributed by atoms with Gasteiger partial charge >= 0.3 is 0 Å². The third-order valence-corrected chi connectivity index (χ3v) is 7.25. The molecular formula is C29H27ClFN7O2. The first-order valence-corrected chi connectivity index (χ1v) is 13.4. The lowest BCUT2D eigenvalue weighted by molar-refractivity contribution is -0.133. The molecule has 1 amide bonds. The maximum atomic E-state index is 13.3. The van der Waals surface area contributed by atoms with Crippen LogP contribution in [0, 0.1) is 5.82 Å². The van der Waals surface area contributed by atoms with E-state index in [0.717, 1.165) is 34.6 Å². The Morgan fingerprint density at radius 1 is 0.950 bits per heavy atom. The Balaban J connectivity index is 1.15. The topological polar surface area (TPSA) is 95.5 Å². The SMILES string of the molecule is O=C(COc1ccc2cc1CCc1cncc(c1)Nc1ncc(Cl)c(n1)N2)N1CCN(c2ccc(F)cc2)CC1. The molecule has 0 unspecified atom stereocenters. The molecule has 0 spiro atoms. The number of aryl methyl sites for hydroxylation is 2. The molecule has 9 nitrogen and oxygen atoms in total. The van der Waals surface area contributed by atoms with Gasteiger partial charge in [0.2, 0.25) is 5.95 Å². The number of rotatable bonds is 4. The molecule has 2 N–H and O–H groups in total. The Morgan fingerprint density at radius 2 is 1.77 bits per heavy atom. The maximum Gasteiger partial charge on any atom is 0.260 e. The van der Waals surface area contributed by atoms with Gasteiger partial charge in [-0.05, 0) is 72.5 Å². The molecule has 0 radical (unpaired) electrons. The Hall–Kier alpha value is -4.44. The van der Waals surface area contributed by atoms with Crippen molar-refractivity contribution in [1.82, 2.24) is 19.9 Å². The molecule has 204 valence electrons. The first-order valence-electron chi connectivity index (χ1n) is 13.0. The Bertz CT molecular complexity index is 1530. The van der Waals surface area contributed by atoms with E-state index < -0.39 is 0 Å². The van der Waals surface area contributed by atoms with Gasteiger partial charge in [-0.15, -0.1) is 0 Å². The zero-order chi connectivity index (χ0) is 27.5. The molecule has 40 heavy (non-hydrogen) atoms. The van der Waals surface area contributed by atoms with E-state index in [1.165, 1.54) is 12.1 Å². The predicted octanol–water partition coefficient (Wildman–Crippen LogP) is 4.98. The number of anilines is 5. The summed E-state index contributed by atoms with van der Waals surface area (Å²) in [4.78, 5) is 30.1. The monoisotopic (exact) mass is 559 g/mol. The number of nitrogens with one attached hydrogen (secondary N) is 2. The number of aromatic nitrogens is 3. The van der Waals surface area contributed by atoms with Gasteiger partial charge in [0, 0.05) is 43.8 Å². The van der Waals surface area contributed by atoms with Crippen molar-refractivity contribution in [1.29, 1.82) is 0 Å². The lowest BCUT2D eigenvalue weighted by Gasteiger charge is -2.36. The van der Waals surface area contributed by atoms with Crippen molar-refractivity contribution in [2.75, 3.05) is 48.3 Å². The summed E-state index contributed by atoms with van der Waals surface area (Å²) in [5.74, 6) is 1.20. The summed E-state index contributed by atoms with van der Waals surface area (Å²) in [7, 11) is 0. The number of nitrogens with zero attached hydrogens (tertiary/aromatic N) is 5. The first-order chi connectivity index (χ1) is 19.5. The van der Waals surface area contributed by atoms with E-state index in [1.807, 2.05) is 35.4 Å². The molecular weight excluding hydrogens is 533 g/mol. The van der Waals surface area contributed by atoms with Crippen LogP contribution in [0.4, 0.5) is 33.2 Å². The highest BCUT2D eigenvalue weighted by Crippen LogP contribution is 2.30. The second-order valence-electron chi connectivity index (χ2n) is 9.68. The number of piperazine rings is 1.